The Morgan fingerprint density at radius 1 is 1.60 bits per heavy atom. The summed E-state index contributed by atoms with van der Waals surface area (Å²) in [7, 11) is 0. The van der Waals surface area contributed by atoms with Crippen LogP contribution in [-0.2, 0) is 11.3 Å². The predicted octanol–water partition coefficient (Wildman–Crippen LogP) is 2.68. The van der Waals surface area contributed by atoms with Crippen molar-refractivity contribution in [2.45, 2.75) is 45.8 Å². The van der Waals surface area contributed by atoms with Crippen molar-refractivity contribution in [3.63, 3.8) is 0 Å². The van der Waals surface area contributed by atoms with E-state index in [1.165, 1.54) is 0 Å². The van der Waals surface area contributed by atoms with E-state index >= 15 is 0 Å². The molecular weight excluding hydrogens is 258 g/mol. The Kier molecular flexibility index (Phi) is 5.20. The highest BCUT2D eigenvalue weighted by Crippen LogP contribution is 2.20. The minimum atomic E-state index is -1.01. The molecule has 0 aromatic carbocycles. The topological polar surface area (TPSA) is 62.9 Å². The number of hydrogen-bond donors (Lipinski definition) is 1. The van der Waals surface area contributed by atoms with E-state index in [0.717, 1.165) is 51.1 Å². The van der Waals surface area contributed by atoms with Crippen molar-refractivity contribution in [1.29, 1.82) is 0 Å². The Hall–Kier alpha value is -1.33. The number of nitrogens with zero attached hydrogens (tertiary/aromatic N) is 1. The van der Waals surface area contributed by atoms with Gasteiger partial charge in [0.2, 0.25) is 5.76 Å². The highest BCUT2D eigenvalue weighted by atomic mass is 16.5. The van der Waals surface area contributed by atoms with Crippen molar-refractivity contribution in [2.24, 2.45) is 0 Å². The molecule has 0 bridgehead atoms. The number of carbonyl (C=O) groups is 1. The molecule has 0 amide bonds. The van der Waals surface area contributed by atoms with Gasteiger partial charge < -0.3 is 14.3 Å². The Morgan fingerprint density at radius 3 is 3.05 bits per heavy atom. The Labute approximate surface area is 119 Å². The fourth-order valence-corrected chi connectivity index (χ4v) is 2.60. The molecule has 112 valence electrons. The summed E-state index contributed by atoms with van der Waals surface area (Å²) >= 11 is 0. The Balaban J connectivity index is 1.93. The second-order valence-electron chi connectivity index (χ2n) is 5.37. The molecule has 1 aliphatic rings. The molecule has 1 N–H and O–H groups in total. The molecular formula is C15H23NO4. The normalized spacial score (nSPS) is 20.2. The molecule has 0 radical (unpaired) electrons. The van der Waals surface area contributed by atoms with E-state index in [1.54, 1.807) is 6.07 Å². The maximum absolute atomic E-state index is 10.9. The van der Waals surface area contributed by atoms with Gasteiger partial charge in [0, 0.05) is 25.3 Å². The molecule has 1 fully saturated rings. The fourth-order valence-electron chi connectivity index (χ4n) is 2.60. The van der Waals surface area contributed by atoms with E-state index in [0.29, 0.717) is 11.9 Å². The molecule has 1 aromatic rings. The standard InChI is InChI=1S/C15H23NO4/c1-3-7-19-13-5-4-6-16(10-13)9-12-8-14(15(17)18)20-11(12)2/h8,13H,3-7,9-10H2,1-2H3,(H,17,18). The maximum atomic E-state index is 10.9. The molecule has 1 aliphatic heterocycles. The first kappa shape index (κ1) is 15.1. The number of aromatic carboxylic acids is 1. The monoisotopic (exact) mass is 281 g/mol. The molecule has 5 heteroatoms. The van der Waals surface area contributed by atoms with Crippen LogP contribution in [0.4, 0.5) is 0 Å². The lowest BCUT2D eigenvalue weighted by molar-refractivity contribution is -0.00233. The zero-order chi connectivity index (χ0) is 14.5. The summed E-state index contributed by atoms with van der Waals surface area (Å²) in [6, 6.07) is 1.63. The van der Waals surface area contributed by atoms with Gasteiger partial charge in [-0.05, 0) is 38.8 Å². The molecule has 1 atom stereocenters. The zero-order valence-corrected chi connectivity index (χ0v) is 12.2. The van der Waals surface area contributed by atoms with Crippen LogP contribution in [0.2, 0.25) is 0 Å². The van der Waals surface area contributed by atoms with Crippen LogP contribution in [0.25, 0.3) is 0 Å². The quantitative estimate of drug-likeness (QED) is 0.868. The summed E-state index contributed by atoms with van der Waals surface area (Å²) in [5, 5.41) is 8.94. The van der Waals surface area contributed by atoms with Crippen LogP contribution in [0.3, 0.4) is 0 Å². The molecule has 0 spiro atoms. The third kappa shape index (κ3) is 3.84. The van der Waals surface area contributed by atoms with Crippen molar-refractivity contribution in [2.75, 3.05) is 19.7 Å². The second kappa shape index (κ2) is 6.90. The molecule has 20 heavy (non-hydrogen) atoms. The van der Waals surface area contributed by atoms with E-state index in [9.17, 15) is 4.79 Å². The van der Waals surface area contributed by atoms with E-state index < -0.39 is 5.97 Å². The van der Waals surface area contributed by atoms with Gasteiger partial charge in [0.15, 0.2) is 0 Å². The minimum absolute atomic E-state index is 0.0216. The van der Waals surface area contributed by atoms with Crippen LogP contribution in [0.5, 0.6) is 0 Å². The smallest absolute Gasteiger partial charge is 0.371 e. The van der Waals surface area contributed by atoms with Gasteiger partial charge in [-0.1, -0.05) is 6.92 Å². The summed E-state index contributed by atoms with van der Waals surface area (Å²) in [5.74, 6) is -0.297. The number of rotatable bonds is 6. The zero-order valence-electron chi connectivity index (χ0n) is 12.2. The van der Waals surface area contributed by atoms with Gasteiger partial charge in [-0.3, -0.25) is 4.90 Å². The number of carboxylic acids is 1. The van der Waals surface area contributed by atoms with Crippen LogP contribution < -0.4 is 0 Å². The lowest BCUT2D eigenvalue weighted by atomic mass is 10.1. The van der Waals surface area contributed by atoms with Crippen LogP contribution in [0.1, 0.15) is 48.1 Å². The SMILES string of the molecule is CCCOC1CCCN(Cc2cc(C(=O)O)oc2C)C1. The van der Waals surface area contributed by atoms with E-state index in [-0.39, 0.29) is 5.76 Å². The van der Waals surface area contributed by atoms with Crippen molar-refractivity contribution in [1.82, 2.24) is 4.90 Å². The maximum Gasteiger partial charge on any atom is 0.371 e. The molecule has 1 unspecified atom stereocenters. The van der Waals surface area contributed by atoms with E-state index in [1.807, 2.05) is 6.92 Å². The van der Waals surface area contributed by atoms with Gasteiger partial charge in [0.1, 0.15) is 5.76 Å². The van der Waals surface area contributed by atoms with Crippen LogP contribution in [-0.4, -0.2) is 41.8 Å². The predicted molar refractivity (Wildman–Crippen MR) is 74.9 cm³/mol. The van der Waals surface area contributed by atoms with Gasteiger partial charge in [-0.25, -0.2) is 4.79 Å². The van der Waals surface area contributed by atoms with Gasteiger partial charge in [0.25, 0.3) is 0 Å². The minimum Gasteiger partial charge on any atom is -0.475 e. The van der Waals surface area contributed by atoms with Crippen LogP contribution >= 0.6 is 0 Å². The molecule has 1 aromatic heterocycles. The average Bonchev–Trinajstić information content (AvgIpc) is 2.79. The lowest BCUT2D eigenvalue weighted by Crippen LogP contribution is -2.39. The van der Waals surface area contributed by atoms with Crippen LogP contribution in [0.15, 0.2) is 10.5 Å². The molecule has 0 aliphatic carbocycles. The second-order valence-corrected chi connectivity index (χ2v) is 5.37. The number of piperidine rings is 1. The van der Waals surface area contributed by atoms with Gasteiger partial charge in [0.05, 0.1) is 6.10 Å². The lowest BCUT2D eigenvalue weighted by Gasteiger charge is -2.32. The molecule has 0 saturated carbocycles. The van der Waals surface area contributed by atoms with E-state index in [2.05, 4.69) is 11.8 Å². The molecule has 2 heterocycles. The summed E-state index contributed by atoms with van der Waals surface area (Å²) in [6.07, 6.45) is 3.58. The highest BCUT2D eigenvalue weighted by molar-refractivity contribution is 5.84. The Bertz CT molecular complexity index is 455. The number of carboxylic acid groups (broad SMARTS) is 1. The van der Waals surface area contributed by atoms with Gasteiger partial charge in [-0.2, -0.15) is 0 Å². The molecule has 1 saturated heterocycles. The first-order valence-electron chi connectivity index (χ1n) is 7.26. The number of likely N-dealkylation sites (tertiary alicyclic amines) is 1. The third-order valence-corrected chi connectivity index (χ3v) is 3.65. The summed E-state index contributed by atoms with van der Waals surface area (Å²) in [4.78, 5) is 13.2. The summed E-state index contributed by atoms with van der Waals surface area (Å²) in [6.45, 7) is 7.41. The first-order chi connectivity index (χ1) is 9.60. The Morgan fingerprint density at radius 2 is 2.40 bits per heavy atom. The van der Waals surface area contributed by atoms with Gasteiger partial charge >= 0.3 is 5.97 Å². The van der Waals surface area contributed by atoms with Crippen molar-refractivity contribution >= 4 is 5.97 Å². The first-order valence-corrected chi connectivity index (χ1v) is 7.26. The summed E-state index contributed by atoms with van der Waals surface area (Å²) < 4.78 is 11.1. The van der Waals surface area contributed by atoms with Crippen molar-refractivity contribution in [3.05, 3.63) is 23.2 Å². The number of ether oxygens (including phenoxy) is 1. The summed E-state index contributed by atoms with van der Waals surface area (Å²) in [5.41, 5.74) is 0.957. The number of hydrogen-bond acceptors (Lipinski definition) is 4. The number of aryl methyl sites for hydroxylation is 1. The largest absolute Gasteiger partial charge is 0.475 e. The average molecular weight is 281 g/mol. The third-order valence-electron chi connectivity index (χ3n) is 3.65. The molecule has 2 rings (SSSR count). The van der Waals surface area contributed by atoms with Gasteiger partial charge in [-0.15, -0.1) is 0 Å². The van der Waals surface area contributed by atoms with Crippen LogP contribution in [0, 0.1) is 6.92 Å². The van der Waals surface area contributed by atoms with Crippen molar-refractivity contribution < 1.29 is 19.1 Å². The highest BCUT2D eigenvalue weighted by Gasteiger charge is 2.22. The van der Waals surface area contributed by atoms with Crippen molar-refractivity contribution in [3.8, 4) is 0 Å². The fraction of sp³-hybridized carbons (Fsp3) is 0.667. The molecule has 5 nitrogen and oxygen atoms in total. The van der Waals surface area contributed by atoms with E-state index in [4.69, 9.17) is 14.3 Å². The number of furan rings is 1.